The molecule has 1 saturated heterocycles. The van der Waals surface area contributed by atoms with Gasteiger partial charge in [-0.05, 0) is 60.5 Å². The number of hydrogen-bond donors (Lipinski definition) is 2. The molecule has 0 saturated carbocycles. The number of fused-ring (bicyclic) bond motifs is 3. The Balaban J connectivity index is 1.48. The zero-order valence-corrected chi connectivity index (χ0v) is 29.3. The van der Waals surface area contributed by atoms with Crippen LogP contribution in [0, 0.1) is 0 Å². The first kappa shape index (κ1) is 36.1. The Labute approximate surface area is 303 Å². The highest BCUT2D eigenvalue weighted by Gasteiger charge is 2.57. The topological polar surface area (TPSA) is 135 Å². The zero-order chi connectivity index (χ0) is 36.6. The molecule has 3 amide bonds. The van der Waals surface area contributed by atoms with Crippen molar-refractivity contribution in [2.45, 2.75) is 56.8 Å². The molecule has 0 radical (unpaired) electrons. The van der Waals surface area contributed by atoms with Crippen molar-refractivity contribution in [2.24, 2.45) is 0 Å². The highest BCUT2D eigenvalue weighted by Crippen LogP contribution is 2.48. The van der Waals surface area contributed by atoms with Gasteiger partial charge >= 0.3 is 5.97 Å². The smallest absolute Gasteiger partial charge is 0.307 e. The van der Waals surface area contributed by atoms with Crippen molar-refractivity contribution in [3.63, 3.8) is 0 Å². The normalized spacial score (nSPS) is 19.0. The Morgan fingerprint density at radius 3 is 2.23 bits per heavy atom. The van der Waals surface area contributed by atoms with Crippen LogP contribution in [0.25, 0.3) is 0 Å². The number of benzene rings is 4. The van der Waals surface area contributed by atoms with Gasteiger partial charge in [0, 0.05) is 36.3 Å². The Bertz CT molecular complexity index is 1870. The molecule has 270 valence electrons. The molecule has 2 N–H and O–H groups in total. The van der Waals surface area contributed by atoms with Crippen LogP contribution in [0.1, 0.15) is 52.9 Å². The molecule has 52 heavy (non-hydrogen) atoms. The highest BCUT2D eigenvalue weighted by molar-refractivity contribution is 6.05. The molecule has 2 aliphatic heterocycles. The number of hydrogen-bond acceptors (Lipinski definition) is 8. The second kappa shape index (κ2) is 16.6. The number of amides is 3. The fourth-order valence-electron chi connectivity index (χ4n) is 7.15. The quantitative estimate of drug-likeness (QED) is 0.143. The standard InChI is InChI=1S/C41H43N3O8/c1-3-51-37(47)26-34-39-38(42-40(48)29-13-8-5-9-14-29)32-25-31(52-22-10-21-45)19-20-33(32)44(39)41(49)35(23-27-11-6-4-7-12-27)43(34)36(46)24-28-15-17-30(50-2)18-16-28/h4-9,11-20,25,34-35,38-39,45H,3,10,21-24,26H2,1-2H3,(H,42,48)/t34?,35-,38-,39+/m0/s1. The lowest BCUT2D eigenvalue weighted by molar-refractivity contribution is -0.152. The lowest BCUT2D eigenvalue weighted by Gasteiger charge is -2.50. The van der Waals surface area contributed by atoms with Crippen LogP contribution < -0.4 is 19.7 Å². The maximum Gasteiger partial charge on any atom is 0.307 e. The molecule has 0 aliphatic carbocycles. The molecular formula is C41H43N3O8. The lowest BCUT2D eigenvalue weighted by atomic mass is 9.87. The van der Waals surface area contributed by atoms with Crippen molar-refractivity contribution < 1.29 is 38.5 Å². The first-order valence-corrected chi connectivity index (χ1v) is 17.5. The number of nitrogens with one attached hydrogen (secondary N) is 1. The number of carbonyl (C=O) groups excluding carboxylic acids is 4. The Hall–Kier alpha value is -5.68. The van der Waals surface area contributed by atoms with E-state index >= 15 is 4.79 Å². The maximum absolute atomic E-state index is 15.0. The molecule has 2 aliphatic rings. The SMILES string of the molecule is CCOC(=O)CC1[C@@H]2[C@@H](NC(=O)c3ccccc3)c3cc(OCCCO)ccc3N2C(=O)[C@H](Cc2ccccc2)N1C(=O)Cc1ccc(OC)cc1. The number of aliphatic hydroxyl groups is 1. The minimum atomic E-state index is -0.972. The van der Waals surface area contributed by atoms with Crippen LogP contribution in [-0.4, -0.2) is 78.8 Å². The van der Waals surface area contributed by atoms with Gasteiger partial charge in [-0.2, -0.15) is 0 Å². The maximum atomic E-state index is 15.0. The predicted octanol–water partition coefficient (Wildman–Crippen LogP) is 4.66. The van der Waals surface area contributed by atoms with E-state index in [1.807, 2.05) is 36.4 Å². The molecule has 11 heteroatoms. The van der Waals surface area contributed by atoms with E-state index in [1.54, 1.807) is 90.6 Å². The van der Waals surface area contributed by atoms with Gasteiger partial charge in [0.25, 0.3) is 11.8 Å². The van der Waals surface area contributed by atoms with Crippen LogP contribution in [0.15, 0.2) is 103 Å². The molecule has 0 aromatic heterocycles. The van der Waals surface area contributed by atoms with Crippen molar-refractivity contribution in [3.8, 4) is 11.5 Å². The van der Waals surface area contributed by atoms with Crippen LogP contribution >= 0.6 is 0 Å². The monoisotopic (exact) mass is 705 g/mol. The van der Waals surface area contributed by atoms with Gasteiger partial charge in [-0.15, -0.1) is 0 Å². The highest BCUT2D eigenvalue weighted by atomic mass is 16.5. The van der Waals surface area contributed by atoms with E-state index < -0.39 is 30.1 Å². The molecule has 4 aromatic carbocycles. The van der Waals surface area contributed by atoms with E-state index in [2.05, 4.69) is 5.32 Å². The number of anilines is 1. The Morgan fingerprint density at radius 2 is 1.56 bits per heavy atom. The van der Waals surface area contributed by atoms with Gasteiger partial charge in [0.2, 0.25) is 5.91 Å². The van der Waals surface area contributed by atoms with Crippen molar-refractivity contribution in [1.82, 2.24) is 10.2 Å². The second-order valence-corrected chi connectivity index (χ2v) is 12.8. The van der Waals surface area contributed by atoms with Gasteiger partial charge < -0.3 is 34.4 Å². The van der Waals surface area contributed by atoms with Crippen LogP contribution in [0.4, 0.5) is 5.69 Å². The summed E-state index contributed by atoms with van der Waals surface area (Å²) in [6.07, 6.45) is 0.376. The number of esters is 1. The van der Waals surface area contributed by atoms with Gasteiger partial charge in [-0.25, -0.2) is 0 Å². The summed E-state index contributed by atoms with van der Waals surface area (Å²) in [6, 6.07) is 27.1. The summed E-state index contributed by atoms with van der Waals surface area (Å²) in [7, 11) is 1.57. The van der Waals surface area contributed by atoms with Crippen molar-refractivity contribution >= 4 is 29.4 Å². The minimum Gasteiger partial charge on any atom is -0.497 e. The lowest BCUT2D eigenvalue weighted by Crippen LogP contribution is -2.70. The second-order valence-electron chi connectivity index (χ2n) is 12.8. The van der Waals surface area contributed by atoms with E-state index in [-0.39, 0.29) is 56.8 Å². The molecule has 2 heterocycles. The van der Waals surface area contributed by atoms with E-state index in [0.29, 0.717) is 40.3 Å². The summed E-state index contributed by atoms with van der Waals surface area (Å²) in [6.45, 7) is 2.07. The zero-order valence-electron chi connectivity index (χ0n) is 29.3. The number of piperazine rings is 1. The third-order valence-corrected chi connectivity index (χ3v) is 9.49. The Morgan fingerprint density at radius 1 is 0.865 bits per heavy atom. The molecule has 0 spiro atoms. The molecule has 0 bridgehead atoms. The van der Waals surface area contributed by atoms with Crippen molar-refractivity contribution in [1.29, 1.82) is 0 Å². The average molecular weight is 706 g/mol. The van der Waals surface area contributed by atoms with Crippen molar-refractivity contribution in [2.75, 3.05) is 31.8 Å². The number of carbonyl (C=O) groups is 4. The number of ether oxygens (including phenoxy) is 3. The van der Waals surface area contributed by atoms with Gasteiger partial charge in [0.1, 0.15) is 17.5 Å². The van der Waals surface area contributed by atoms with Crippen LogP contribution in [-0.2, 0) is 32.0 Å². The number of nitrogens with zero attached hydrogens (tertiary/aromatic N) is 2. The summed E-state index contributed by atoms with van der Waals surface area (Å²) in [5, 5.41) is 12.5. The van der Waals surface area contributed by atoms with E-state index in [0.717, 1.165) is 5.56 Å². The molecule has 11 nitrogen and oxygen atoms in total. The number of methoxy groups -OCH3 is 1. The summed E-state index contributed by atoms with van der Waals surface area (Å²) >= 11 is 0. The third-order valence-electron chi connectivity index (χ3n) is 9.49. The van der Waals surface area contributed by atoms with Crippen molar-refractivity contribution in [3.05, 3.63) is 125 Å². The molecule has 4 atom stereocenters. The summed E-state index contributed by atoms with van der Waals surface area (Å²) in [4.78, 5) is 60.2. The molecule has 4 aromatic rings. The fraction of sp³-hybridized carbons (Fsp3) is 0.317. The van der Waals surface area contributed by atoms with E-state index in [1.165, 1.54) is 0 Å². The molecular weight excluding hydrogens is 662 g/mol. The van der Waals surface area contributed by atoms with E-state index in [4.69, 9.17) is 14.2 Å². The van der Waals surface area contributed by atoms with Gasteiger partial charge in [0.05, 0.1) is 51.3 Å². The average Bonchev–Trinajstić information content (AvgIpc) is 3.48. The largest absolute Gasteiger partial charge is 0.497 e. The van der Waals surface area contributed by atoms with Crippen LogP contribution in [0.2, 0.25) is 0 Å². The minimum absolute atomic E-state index is 0.0363. The number of aliphatic hydroxyl groups excluding tert-OH is 1. The third kappa shape index (κ3) is 7.79. The number of rotatable bonds is 14. The molecule has 1 unspecified atom stereocenters. The first-order chi connectivity index (χ1) is 25.3. The van der Waals surface area contributed by atoms with Gasteiger partial charge in [0.15, 0.2) is 0 Å². The van der Waals surface area contributed by atoms with Crippen LogP contribution in [0.3, 0.4) is 0 Å². The van der Waals surface area contributed by atoms with Crippen LogP contribution in [0.5, 0.6) is 11.5 Å². The molecule has 6 rings (SSSR count). The van der Waals surface area contributed by atoms with Gasteiger partial charge in [-0.1, -0.05) is 60.7 Å². The fourth-order valence-corrected chi connectivity index (χ4v) is 7.15. The van der Waals surface area contributed by atoms with Gasteiger partial charge in [-0.3, -0.25) is 19.2 Å². The summed E-state index contributed by atoms with van der Waals surface area (Å²) in [5.74, 6) is -0.445. The first-order valence-electron chi connectivity index (χ1n) is 17.5. The summed E-state index contributed by atoms with van der Waals surface area (Å²) < 4.78 is 16.7. The van der Waals surface area contributed by atoms with E-state index in [9.17, 15) is 19.5 Å². The predicted molar refractivity (Wildman–Crippen MR) is 194 cm³/mol. The summed E-state index contributed by atoms with van der Waals surface area (Å²) in [5.41, 5.74) is 3.13. The Kier molecular flexibility index (Phi) is 11.5. The molecule has 1 fully saturated rings.